The van der Waals surface area contributed by atoms with Crippen LogP contribution < -0.4 is 9.64 Å². The summed E-state index contributed by atoms with van der Waals surface area (Å²) in [5, 5.41) is 9.23. The van der Waals surface area contributed by atoms with Crippen LogP contribution >= 0.6 is 0 Å². The van der Waals surface area contributed by atoms with Crippen molar-refractivity contribution in [2.24, 2.45) is 0 Å². The third-order valence-electron chi connectivity index (χ3n) is 6.14. The molecule has 2 aliphatic heterocycles. The summed E-state index contributed by atoms with van der Waals surface area (Å²) in [5.74, 6) is 0.0970. The molecule has 0 radical (unpaired) electrons. The zero-order valence-corrected chi connectivity index (χ0v) is 18.8. The monoisotopic (exact) mass is 435 g/mol. The number of piperazine rings is 1. The predicted octanol–water partition coefficient (Wildman–Crippen LogP) is 2.21. The maximum Gasteiger partial charge on any atom is 0.282 e. The second kappa shape index (κ2) is 9.14. The van der Waals surface area contributed by atoms with Crippen LogP contribution in [0.5, 0.6) is 5.75 Å². The lowest BCUT2D eigenvalue weighted by atomic mass is 10.0. The molecule has 2 aromatic carbocycles. The van der Waals surface area contributed by atoms with E-state index >= 15 is 0 Å². The maximum atomic E-state index is 13.7. The van der Waals surface area contributed by atoms with E-state index in [1.54, 1.807) is 19.2 Å². The Labute approximate surface area is 188 Å². The summed E-state index contributed by atoms with van der Waals surface area (Å²) in [6.07, 6.45) is 0. The molecular formula is C25H29N3O4. The van der Waals surface area contributed by atoms with Gasteiger partial charge in [0.25, 0.3) is 11.8 Å². The number of ether oxygens (including phenoxy) is 1. The minimum absolute atomic E-state index is 0.109. The van der Waals surface area contributed by atoms with Crippen LogP contribution in [0.15, 0.2) is 48.2 Å². The van der Waals surface area contributed by atoms with Crippen molar-refractivity contribution in [1.29, 1.82) is 0 Å². The molecule has 7 nitrogen and oxygen atoms in total. The molecule has 1 saturated heterocycles. The van der Waals surface area contributed by atoms with Gasteiger partial charge in [0.15, 0.2) is 0 Å². The molecule has 0 aliphatic carbocycles. The second-order valence-electron chi connectivity index (χ2n) is 8.24. The molecule has 0 spiro atoms. The van der Waals surface area contributed by atoms with Gasteiger partial charge in [-0.05, 0) is 43.2 Å². The number of amides is 2. The van der Waals surface area contributed by atoms with Crippen LogP contribution in [0.25, 0.3) is 5.57 Å². The van der Waals surface area contributed by atoms with Crippen LogP contribution in [-0.2, 0) is 9.59 Å². The lowest BCUT2D eigenvalue weighted by molar-refractivity contribution is -0.120. The molecule has 0 bridgehead atoms. The summed E-state index contributed by atoms with van der Waals surface area (Å²) in [6, 6.07) is 13.0. The highest BCUT2D eigenvalue weighted by Gasteiger charge is 2.43. The van der Waals surface area contributed by atoms with Crippen molar-refractivity contribution in [2.75, 3.05) is 51.3 Å². The van der Waals surface area contributed by atoms with Crippen molar-refractivity contribution in [3.05, 3.63) is 64.9 Å². The number of rotatable bonds is 6. The van der Waals surface area contributed by atoms with Crippen LogP contribution in [0, 0.1) is 13.8 Å². The van der Waals surface area contributed by atoms with Crippen LogP contribution in [0.4, 0.5) is 5.69 Å². The molecule has 168 valence electrons. The largest absolute Gasteiger partial charge is 0.497 e. The van der Waals surface area contributed by atoms with Crippen LogP contribution in [0.2, 0.25) is 0 Å². The first kappa shape index (κ1) is 22.0. The summed E-state index contributed by atoms with van der Waals surface area (Å²) in [7, 11) is 1.59. The molecule has 32 heavy (non-hydrogen) atoms. The van der Waals surface area contributed by atoms with Gasteiger partial charge in [0.05, 0.1) is 25.0 Å². The van der Waals surface area contributed by atoms with E-state index in [2.05, 4.69) is 4.90 Å². The van der Waals surface area contributed by atoms with E-state index in [4.69, 9.17) is 4.74 Å². The van der Waals surface area contributed by atoms with E-state index in [1.165, 1.54) is 4.90 Å². The number of nitrogens with zero attached hydrogens (tertiary/aromatic N) is 3. The number of carbonyl (C=O) groups excluding carboxylic acids is 2. The summed E-state index contributed by atoms with van der Waals surface area (Å²) < 4.78 is 5.26. The van der Waals surface area contributed by atoms with Gasteiger partial charge in [0.1, 0.15) is 11.4 Å². The number of methoxy groups -OCH3 is 1. The standard InChI is InChI=1S/C25H29N3O4/c1-17-4-9-21(18(2)16-17)28-24(30)22(19-5-7-20(32-3)8-6-19)23(25(28)31)27-12-10-26(11-13-27)14-15-29/h4-9,16,29H,10-15H2,1-3H3. The van der Waals surface area contributed by atoms with Gasteiger partial charge < -0.3 is 14.7 Å². The number of benzene rings is 2. The molecule has 4 rings (SSSR count). The molecule has 0 saturated carbocycles. The van der Waals surface area contributed by atoms with Crippen molar-refractivity contribution < 1.29 is 19.4 Å². The zero-order chi connectivity index (χ0) is 22.8. The highest BCUT2D eigenvalue weighted by molar-refractivity contribution is 6.45. The fourth-order valence-corrected chi connectivity index (χ4v) is 4.44. The zero-order valence-electron chi connectivity index (χ0n) is 18.8. The SMILES string of the molecule is COc1ccc(C2=C(N3CCN(CCO)CC3)C(=O)N(c3ccc(C)cc3C)C2=O)cc1. The first-order chi connectivity index (χ1) is 15.4. The molecule has 2 aliphatic rings. The van der Waals surface area contributed by atoms with Crippen molar-refractivity contribution in [3.63, 3.8) is 0 Å². The van der Waals surface area contributed by atoms with E-state index in [-0.39, 0.29) is 18.4 Å². The minimum Gasteiger partial charge on any atom is -0.497 e. The van der Waals surface area contributed by atoms with Crippen molar-refractivity contribution in [1.82, 2.24) is 9.80 Å². The summed E-state index contributed by atoms with van der Waals surface area (Å²) in [6.45, 7) is 7.32. The maximum absolute atomic E-state index is 13.7. The van der Waals surface area contributed by atoms with E-state index in [0.29, 0.717) is 47.9 Å². The van der Waals surface area contributed by atoms with Crippen LogP contribution in [0.3, 0.4) is 0 Å². The average Bonchev–Trinajstić information content (AvgIpc) is 3.05. The Morgan fingerprint density at radius 1 is 0.938 bits per heavy atom. The quantitative estimate of drug-likeness (QED) is 0.702. The average molecular weight is 436 g/mol. The molecule has 2 aromatic rings. The van der Waals surface area contributed by atoms with E-state index in [9.17, 15) is 14.7 Å². The van der Waals surface area contributed by atoms with E-state index in [0.717, 1.165) is 24.2 Å². The fraction of sp³-hybridized carbons (Fsp3) is 0.360. The Morgan fingerprint density at radius 3 is 2.22 bits per heavy atom. The number of aliphatic hydroxyl groups is 1. The second-order valence-corrected chi connectivity index (χ2v) is 8.24. The molecule has 2 amide bonds. The minimum atomic E-state index is -0.306. The van der Waals surface area contributed by atoms with Gasteiger partial charge in [0.2, 0.25) is 0 Å². The lowest BCUT2D eigenvalue weighted by Gasteiger charge is -2.36. The molecule has 1 fully saturated rings. The van der Waals surface area contributed by atoms with Crippen molar-refractivity contribution >= 4 is 23.1 Å². The smallest absolute Gasteiger partial charge is 0.282 e. The van der Waals surface area contributed by atoms with Crippen LogP contribution in [-0.4, -0.2) is 73.2 Å². The van der Waals surface area contributed by atoms with Gasteiger partial charge in [-0.1, -0.05) is 29.8 Å². The fourth-order valence-electron chi connectivity index (χ4n) is 4.44. The Bertz CT molecular complexity index is 1050. The molecule has 0 unspecified atom stereocenters. The van der Waals surface area contributed by atoms with E-state index in [1.807, 2.05) is 49.1 Å². The number of β-amino-alcohol motifs (C(OH)–C–C–N with tert-alkyl or cyclic N) is 1. The molecule has 0 atom stereocenters. The predicted molar refractivity (Wildman–Crippen MR) is 123 cm³/mol. The summed E-state index contributed by atoms with van der Waals surface area (Å²) in [4.78, 5) is 32.8. The van der Waals surface area contributed by atoms with Gasteiger partial charge >= 0.3 is 0 Å². The highest BCUT2D eigenvalue weighted by Crippen LogP contribution is 2.37. The number of hydrogen-bond acceptors (Lipinski definition) is 6. The van der Waals surface area contributed by atoms with Gasteiger partial charge in [-0.2, -0.15) is 0 Å². The van der Waals surface area contributed by atoms with Gasteiger partial charge in [-0.25, -0.2) is 4.90 Å². The summed E-state index contributed by atoms with van der Waals surface area (Å²) in [5.41, 5.74) is 4.15. The third-order valence-corrected chi connectivity index (χ3v) is 6.14. The van der Waals surface area contributed by atoms with Crippen molar-refractivity contribution in [3.8, 4) is 5.75 Å². The molecule has 2 heterocycles. The molecule has 1 N–H and O–H groups in total. The Hall–Kier alpha value is -3.16. The molecule has 7 heteroatoms. The number of carbonyl (C=O) groups is 2. The highest BCUT2D eigenvalue weighted by atomic mass is 16.5. The Balaban J connectivity index is 1.75. The Morgan fingerprint density at radius 2 is 1.62 bits per heavy atom. The normalized spacial score (nSPS) is 17.5. The van der Waals surface area contributed by atoms with Gasteiger partial charge in [-0.15, -0.1) is 0 Å². The van der Waals surface area contributed by atoms with Gasteiger partial charge in [0, 0.05) is 32.7 Å². The lowest BCUT2D eigenvalue weighted by Crippen LogP contribution is -2.48. The van der Waals surface area contributed by atoms with E-state index < -0.39 is 0 Å². The first-order valence-corrected chi connectivity index (χ1v) is 10.9. The molecule has 0 aromatic heterocycles. The van der Waals surface area contributed by atoms with Crippen molar-refractivity contribution in [2.45, 2.75) is 13.8 Å². The van der Waals surface area contributed by atoms with Crippen LogP contribution in [0.1, 0.15) is 16.7 Å². The number of imide groups is 1. The van der Waals surface area contributed by atoms with Gasteiger partial charge in [-0.3, -0.25) is 14.5 Å². The number of aryl methyl sites for hydroxylation is 2. The molecular weight excluding hydrogens is 406 g/mol. The number of aliphatic hydroxyl groups excluding tert-OH is 1. The topological polar surface area (TPSA) is 73.3 Å². The Kier molecular flexibility index (Phi) is 6.30. The summed E-state index contributed by atoms with van der Waals surface area (Å²) >= 11 is 0. The third kappa shape index (κ3) is 4.01. The number of anilines is 1. The first-order valence-electron chi connectivity index (χ1n) is 10.9. The number of hydrogen-bond donors (Lipinski definition) is 1.